The first kappa shape index (κ1) is 15.4. The van der Waals surface area contributed by atoms with Crippen LogP contribution in [0, 0.1) is 5.92 Å². The fourth-order valence-corrected chi connectivity index (χ4v) is 1.02. The number of carbonyl (C=O) groups excluding carboxylic acids is 1. The smallest absolute Gasteiger partial charge is 0.305 e. The Kier molecular flexibility index (Phi) is 8.21. The lowest BCUT2D eigenvalue weighted by Crippen LogP contribution is -2.25. The molecule has 0 saturated carbocycles. The second-order valence-corrected chi connectivity index (χ2v) is 4.65. The number of hydrogen-bond donors (Lipinski definition) is 1. The quantitative estimate of drug-likeness (QED) is 0.648. The minimum atomic E-state index is -0.731. The van der Waals surface area contributed by atoms with Gasteiger partial charge >= 0.3 is 5.97 Å². The number of hydrogen-bond acceptors (Lipinski definition) is 4. The summed E-state index contributed by atoms with van der Waals surface area (Å²) in [5, 5.41) is 9.42. The van der Waals surface area contributed by atoms with Crippen LogP contribution in [0.15, 0.2) is 0 Å². The number of esters is 1. The summed E-state index contributed by atoms with van der Waals surface area (Å²) in [5.74, 6) is 0.235. The molecule has 4 heteroatoms. The van der Waals surface area contributed by atoms with Gasteiger partial charge in [-0.05, 0) is 26.2 Å². The number of rotatable bonds is 8. The molecule has 0 fully saturated rings. The summed E-state index contributed by atoms with van der Waals surface area (Å²) in [5.41, 5.74) is 0. The van der Waals surface area contributed by atoms with Crippen LogP contribution in [0.25, 0.3) is 0 Å². The van der Waals surface area contributed by atoms with E-state index in [4.69, 9.17) is 9.47 Å². The Bertz CT molecular complexity index is 189. The Morgan fingerprint density at radius 2 is 1.81 bits per heavy atom. The molecule has 1 atom stereocenters. The molecular formula is C12H24O4. The summed E-state index contributed by atoms with van der Waals surface area (Å²) in [7, 11) is 0. The molecule has 0 aliphatic rings. The molecule has 0 rings (SSSR count). The fourth-order valence-electron chi connectivity index (χ4n) is 1.02. The van der Waals surface area contributed by atoms with Crippen LogP contribution in [-0.4, -0.2) is 36.5 Å². The lowest BCUT2D eigenvalue weighted by Gasteiger charge is -2.13. The van der Waals surface area contributed by atoms with Gasteiger partial charge in [0.05, 0.1) is 12.7 Å². The van der Waals surface area contributed by atoms with Crippen molar-refractivity contribution in [3.63, 3.8) is 0 Å². The molecule has 0 spiro atoms. The van der Waals surface area contributed by atoms with Gasteiger partial charge in [-0.25, -0.2) is 0 Å². The zero-order valence-corrected chi connectivity index (χ0v) is 10.7. The summed E-state index contributed by atoms with van der Waals surface area (Å²) in [4.78, 5) is 11.2. The highest BCUT2D eigenvalue weighted by atomic mass is 16.5. The molecule has 1 N–H and O–H groups in total. The van der Waals surface area contributed by atoms with Crippen LogP contribution < -0.4 is 0 Å². The van der Waals surface area contributed by atoms with E-state index in [0.717, 1.165) is 6.42 Å². The van der Waals surface area contributed by atoms with Crippen molar-refractivity contribution < 1.29 is 19.4 Å². The lowest BCUT2D eigenvalue weighted by atomic mass is 10.1. The maximum Gasteiger partial charge on any atom is 0.305 e. The van der Waals surface area contributed by atoms with Crippen LogP contribution in [0.4, 0.5) is 0 Å². The zero-order valence-electron chi connectivity index (χ0n) is 10.7. The first-order valence-corrected chi connectivity index (χ1v) is 5.87. The predicted octanol–water partition coefficient (Wildman–Crippen LogP) is 1.75. The van der Waals surface area contributed by atoms with Crippen molar-refractivity contribution in [3.05, 3.63) is 0 Å². The topological polar surface area (TPSA) is 55.8 Å². The maximum atomic E-state index is 11.2. The van der Waals surface area contributed by atoms with Crippen LogP contribution >= 0.6 is 0 Å². The van der Waals surface area contributed by atoms with Crippen LogP contribution in [-0.2, 0) is 14.3 Å². The summed E-state index contributed by atoms with van der Waals surface area (Å²) < 4.78 is 10.1. The largest absolute Gasteiger partial charge is 0.463 e. The van der Waals surface area contributed by atoms with Crippen molar-refractivity contribution in [2.75, 3.05) is 13.2 Å². The molecule has 0 bridgehead atoms. The number of aliphatic hydroxyl groups excluding tert-OH is 1. The van der Waals surface area contributed by atoms with E-state index < -0.39 is 6.10 Å². The van der Waals surface area contributed by atoms with E-state index in [1.165, 1.54) is 0 Å². The Morgan fingerprint density at radius 3 is 2.31 bits per heavy atom. The highest BCUT2D eigenvalue weighted by Crippen LogP contribution is 2.04. The summed E-state index contributed by atoms with van der Waals surface area (Å²) in [6.45, 7) is 8.11. The van der Waals surface area contributed by atoms with E-state index in [2.05, 4.69) is 13.8 Å². The molecule has 0 amide bonds. The molecule has 0 aromatic rings. The second kappa shape index (κ2) is 8.53. The molecule has 0 aromatic heterocycles. The monoisotopic (exact) mass is 232 g/mol. The minimum absolute atomic E-state index is 0.0175. The van der Waals surface area contributed by atoms with E-state index in [-0.39, 0.29) is 25.3 Å². The van der Waals surface area contributed by atoms with Gasteiger partial charge < -0.3 is 14.6 Å². The first-order chi connectivity index (χ1) is 7.41. The van der Waals surface area contributed by atoms with Gasteiger partial charge in [0.15, 0.2) is 0 Å². The summed E-state index contributed by atoms with van der Waals surface area (Å²) >= 11 is 0. The van der Waals surface area contributed by atoms with Crippen LogP contribution in [0.1, 0.15) is 40.5 Å². The van der Waals surface area contributed by atoms with E-state index in [1.807, 2.05) is 13.8 Å². The summed E-state index contributed by atoms with van der Waals surface area (Å²) in [6.07, 6.45) is 0.573. The van der Waals surface area contributed by atoms with Gasteiger partial charge in [-0.2, -0.15) is 0 Å². The highest BCUT2D eigenvalue weighted by Gasteiger charge is 2.10. The molecule has 0 radical (unpaired) electrons. The van der Waals surface area contributed by atoms with Gasteiger partial charge in [0.2, 0.25) is 0 Å². The average molecular weight is 232 g/mol. The lowest BCUT2D eigenvalue weighted by molar-refractivity contribution is -0.148. The van der Waals surface area contributed by atoms with Gasteiger partial charge in [0, 0.05) is 6.42 Å². The van der Waals surface area contributed by atoms with Crippen molar-refractivity contribution in [2.24, 2.45) is 5.92 Å². The van der Waals surface area contributed by atoms with Gasteiger partial charge in [-0.15, -0.1) is 0 Å². The van der Waals surface area contributed by atoms with Crippen LogP contribution in [0.5, 0.6) is 0 Å². The van der Waals surface area contributed by atoms with Gasteiger partial charge in [0.25, 0.3) is 0 Å². The van der Waals surface area contributed by atoms with Crippen molar-refractivity contribution in [1.82, 2.24) is 0 Å². The number of ether oxygens (including phenoxy) is 2. The van der Waals surface area contributed by atoms with Crippen molar-refractivity contribution in [2.45, 2.75) is 52.7 Å². The maximum absolute atomic E-state index is 11.2. The van der Waals surface area contributed by atoms with E-state index in [9.17, 15) is 9.90 Å². The first-order valence-electron chi connectivity index (χ1n) is 5.87. The molecule has 0 aliphatic heterocycles. The van der Waals surface area contributed by atoms with Gasteiger partial charge in [-0.3, -0.25) is 4.79 Å². The van der Waals surface area contributed by atoms with E-state index >= 15 is 0 Å². The Balaban J connectivity index is 3.51. The Morgan fingerprint density at radius 1 is 1.19 bits per heavy atom. The van der Waals surface area contributed by atoms with Crippen LogP contribution in [0.2, 0.25) is 0 Å². The molecule has 16 heavy (non-hydrogen) atoms. The Labute approximate surface area is 97.9 Å². The summed E-state index contributed by atoms with van der Waals surface area (Å²) in [6, 6.07) is 0. The number of carbonyl (C=O) groups is 1. The average Bonchev–Trinajstić information content (AvgIpc) is 2.20. The molecule has 0 aromatic carbocycles. The van der Waals surface area contributed by atoms with Gasteiger partial charge in [0.1, 0.15) is 12.7 Å². The molecule has 96 valence electrons. The molecule has 0 aliphatic carbocycles. The second-order valence-electron chi connectivity index (χ2n) is 4.65. The molecule has 0 saturated heterocycles. The standard InChI is InChI=1S/C12H24O4/c1-9(2)5-6-12(14)16-8-11(13)7-15-10(3)4/h9-11,13H,5-8H2,1-4H3. The highest BCUT2D eigenvalue weighted by molar-refractivity contribution is 5.69. The van der Waals surface area contributed by atoms with Crippen LogP contribution in [0.3, 0.4) is 0 Å². The van der Waals surface area contributed by atoms with Crippen molar-refractivity contribution in [3.8, 4) is 0 Å². The molecule has 1 unspecified atom stereocenters. The predicted molar refractivity (Wildman–Crippen MR) is 62.1 cm³/mol. The molecule has 4 nitrogen and oxygen atoms in total. The molecule has 0 heterocycles. The zero-order chi connectivity index (χ0) is 12.6. The normalized spacial score (nSPS) is 13.2. The third-order valence-electron chi connectivity index (χ3n) is 1.98. The van der Waals surface area contributed by atoms with E-state index in [0.29, 0.717) is 12.3 Å². The van der Waals surface area contributed by atoms with Gasteiger partial charge in [-0.1, -0.05) is 13.8 Å². The minimum Gasteiger partial charge on any atom is -0.463 e. The van der Waals surface area contributed by atoms with Crippen molar-refractivity contribution in [1.29, 1.82) is 0 Å². The number of aliphatic hydroxyl groups is 1. The Hall–Kier alpha value is -0.610. The van der Waals surface area contributed by atoms with Crippen molar-refractivity contribution >= 4 is 5.97 Å². The molecular weight excluding hydrogens is 208 g/mol. The fraction of sp³-hybridized carbons (Fsp3) is 0.917. The SMILES string of the molecule is CC(C)CCC(=O)OCC(O)COC(C)C. The third-order valence-corrected chi connectivity index (χ3v) is 1.98. The van der Waals surface area contributed by atoms with E-state index in [1.54, 1.807) is 0 Å². The third kappa shape index (κ3) is 9.93.